The number of aliphatic hydroxyl groups is 1. The maximum atomic E-state index is 12.7. The van der Waals surface area contributed by atoms with Crippen molar-refractivity contribution in [3.63, 3.8) is 0 Å². The largest absolute Gasteiger partial charge is 0.438 e. The summed E-state index contributed by atoms with van der Waals surface area (Å²) in [7, 11) is 0. The molecule has 5 nitrogen and oxygen atoms in total. The van der Waals surface area contributed by atoms with E-state index >= 15 is 0 Å². The number of hydrazone groups is 1. The second kappa shape index (κ2) is 4.05. The Labute approximate surface area is 99.5 Å². The second-order valence-corrected chi connectivity index (χ2v) is 3.73. The fraction of sp³-hybridized carbons (Fsp3) is 0.300. The summed E-state index contributed by atoms with van der Waals surface area (Å²) < 4.78 is 38.2. The molecule has 0 bridgehead atoms. The van der Waals surface area contributed by atoms with Crippen molar-refractivity contribution in [2.75, 3.05) is 0 Å². The number of hydrogen-bond donors (Lipinski definition) is 1. The van der Waals surface area contributed by atoms with Crippen LogP contribution in [0.3, 0.4) is 0 Å². The zero-order chi connectivity index (χ0) is 13.4. The molecule has 1 aromatic heterocycles. The molecule has 0 unspecified atom stereocenters. The van der Waals surface area contributed by atoms with E-state index in [9.17, 15) is 23.1 Å². The van der Waals surface area contributed by atoms with Gasteiger partial charge in [-0.2, -0.15) is 23.3 Å². The van der Waals surface area contributed by atoms with E-state index in [1.165, 1.54) is 24.5 Å². The van der Waals surface area contributed by atoms with Crippen LogP contribution in [0.15, 0.2) is 29.6 Å². The monoisotopic (exact) mass is 259 g/mol. The van der Waals surface area contributed by atoms with Crippen LogP contribution in [-0.4, -0.2) is 39.1 Å². The lowest BCUT2D eigenvalue weighted by Gasteiger charge is -2.29. The van der Waals surface area contributed by atoms with Gasteiger partial charge in [-0.3, -0.25) is 9.78 Å². The van der Waals surface area contributed by atoms with Gasteiger partial charge >= 0.3 is 6.18 Å². The molecular weight excluding hydrogens is 251 g/mol. The summed E-state index contributed by atoms with van der Waals surface area (Å²) in [5.41, 5.74) is -3.01. The van der Waals surface area contributed by atoms with Crippen molar-refractivity contribution in [3.05, 3.63) is 30.1 Å². The number of alkyl halides is 3. The number of hydrogen-bond acceptors (Lipinski definition) is 4. The van der Waals surface area contributed by atoms with Crippen LogP contribution < -0.4 is 0 Å². The fourth-order valence-electron chi connectivity index (χ4n) is 1.60. The van der Waals surface area contributed by atoms with Crippen LogP contribution in [0.4, 0.5) is 13.2 Å². The van der Waals surface area contributed by atoms with Gasteiger partial charge in [-0.15, -0.1) is 0 Å². The molecule has 1 N–H and O–H groups in total. The van der Waals surface area contributed by atoms with Crippen molar-refractivity contribution < 1.29 is 23.1 Å². The van der Waals surface area contributed by atoms with E-state index in [-0.39, 0.29) is 17.1 Å². The number of amides is 1. The van der Waals surface area contributed by atoms with Crippen molar-refractivity contribution in [2.45, 2.75) is 18.3 Å². The minimum absolute atomic E-state index is 0.0185. The summed E-state index contributed by atoms with van der Waals surface area (Å²) in [6, 6.07) is 3.02. The summed E-state index contributed by atoms with van der Waals surface area (Å²) >= 11 is 0. The van der Waals surface area contributed by atoms with Crippen molar-refractivity contribution in [3.8, 4) is 0 Å². The van der Waals surface area contributed by atoms with Gasteiger partial charge in [-0.25, -0.2) is 0 Å². The first kappa shape index (κ1) is 12.5. The molecule has 1 amide bonds. The van der Waals surface area contributed by atoms with Crippen LogP contribution in [0, 0.1) is 0 Å². The molecule has 1 atom stereocenters. The van der Waals surface area contributed by atoms with Gasteiger partial charge < -0.3 is 5.11 Å². The van der Waals surface area contributed by atoms with E-state index in [0.29, 0.717) is 5.56 Å². The third-order valence-corrected chi connectivity index (χ3v) is 2.57. The average Bonchev–Trinajstić information content (AvgIpc) is 2.68. The Morgan fingerprint density at radius 2 is 2.22 bits per heavy atom. The van der Waals surface area contributed by atoms with Gasteiger partial charge in [0.05, 0.1) is 12.1 Å². The molecule has 18 heavy (non-hydrogen) atoms. The second-order valence-electron chi connectivity index (χ2n) is 3.73. The van der Waals surface area contributed by atoms with Crippen molar-refractivity contribution in [2.24, 2.45) is 5.10 Å². The van der Waals surface area contributed by atoms with Crippen LogP contribution in [0.25, 0.3) is 0 Å². The highest BCUT2D eigenvalue weighted by molar-refractivity contribution is 6.02. The van der Waals surface area contributed by atoms with Gasteiger partial charge in [0.25, 0.3) is 5.72 Å². The van der Waals surface area contributed by atoms with Gasteiger partial charge in [0.1, 0.15) is 0 Å². The third-order valence-electron chi connectivity index (χ3n) is 2.57. The third kappa shape index (κ3) is 1.84. The number of carbonyl (C=O) groups is 1. The zero-order valence-electron chi connectivity index (χ0n) is 8.92. The number of pyridine rings is 1. The molecule has 0 radical (unpaired) electrons. The van der Waals surface area contributed by atoms with E-state index in [1.807, 2.05) is 0 Å². The van der Waals surface area contributed by atoms with Gasteiger partial charge in [0, 0.05) is 18.0 Å². The Hall–Kier alpha value is -1.96. The molecule has 0 saturated heterocycles. The van der Waals surface area contributed by atoms with E-state index in [0.717, 1.165) is 0 Å². The summed E-state index contributed by atoms with van der Waals surface area (Å²) in [4.78, 5) is 14.3. The quantitative estimate of drug-likeness (QED) is 0.802. The van der Waals surface area contributed by atoms with Crippen LogP contribution in [0.1, 0.15) is 12.0 Å². The SMILES string of the molecule is O=CN1N=C(c2cccnc2)C[C@]1(O)C(F)(F)F. The highest BCUT2D eigenvalue weighted by Gasteiger charge is 2.61. The minimum atomic E-state index is -4.98. The predicted octanol–water partition coefficient (Wildman–Crippen LogP) is 0.899. The van der Waals surface area contributed by atoms with Gasteiger partial charge in [0.15, 0.2) is 0 Å². The lowest BCUT2D eigenvalue weighted by Crippen LogP contribution is -2.54. The Kier molecular flexibility index (Phi) is 2.81. The van der Waals surface area contributed by atoms with Gasteiger partial charge in [-0.1, -0.05) is 6.07 Å². The molecule has 96 valence electrons. The lowest BCUT2D eigenvalue weighted by atomic mass is 10.0. The van der Waals surface area contributed by atoms with Gasteiger partial charge in [0.2, 0.25) is 6.41 Å². The van der Waals surface area contributed by atoms with Crippen molar-refractivity contribution in [1.82, 2.24) is 9.99 Å². The van der Waals surface area contributed by atoms with Gasteiger partial charge in [-0.05, 0) is 6.07 Å². The maximum Gasteiger partial charge on any atom is 0.438 e. The van der Waals surface area contributed by atoms with Crippen LogP contribution in [0.2, 0.25) is 0 Å². The molecule has 1 aromatic rings. The molecule has 1 aliphatic heterocycles. The topological polar surface area (TPSA) is 65.8 Å². The summed E-state index contributed by atoms with van der Waals surface area (Å²) in [5.74, 6) is 0. The van der Waals surface area contributed by atoms with Crippen LogP contribution in [-0.2, 0) is 4.79 Å². The highest BCUT2D eigenvalue weighted by atomic mass is 19.4. The first-order valence-corrected chi connectivity index (χ1v) is 4.90. The van der Waals surface area contributed by atoms with E-state index in [2.05, 4.69) is 10.1 Å². The highest BCUT2D eigenvalue weighted by Crippen LogP contribution is 2.40. The maximum absolute atomic E-state index is 12.7. The Morgan fingerprint density at radius 3 is 2.67 bits per heavy atom. The van der Waals surface area contributed by atoms with E-state index < -0.39 is 18.3 Å². The summed E-state index contributed by atoms with van der Waals surface area (Å²) in [6.07, 6.45) is -3.20. The molecule has 0 saturated carbocycles. The molecule has 2 rings (SSSR count). The van der Waals surface area contributed by atoms with Crippen LogP contribution in [0.5, 0.6) is 0 Å². The number of nitrogens with zero attached hydrogens (tertiary/aromatic N) is 3. The molecular formula is C10H8F3N3O2. The molecule has 0 aliphatic carbocycles. The average molecular weight is 259 g/mol. The molecule has 0 fully saturated rings. The minimum Gasteiger partial charge on any atom is -0.362 e. The Bertz CT molecular complexity index is 489. The number of aromatic nitrogens is 1. The molecule has 8 heteroatoms. The first-order valence-electron chi connectivity index (χ1n) is 4.90. The summed E-state index contributed by atoms with van der Waals surface area (Å²) in [6.45, 7) is 0. The standard InChI is InChI=1S/C10H8F3N3O2/c11-10(12,13)9(18)4-8(15-16(9)6-17)7-2-1-3-14-5-7/h1-3,5-6,18H,4H2/t9-/m0/s1. The molecule has 1 aliphatic rings. The normalized spacial score (nSPS) is 24.0. The zero-order valence-corrected chi connectivity index (χ0v) is 8.92. The Morgan fingerprint density at radius 1 is 1.50 bits per heavy atom. The first-order chi connectivity index (χ1) is 8.38. The van der Waals surface area contributed by atoms with Crippen LogP contribution >= 0.6 is 0 Å². The fourth-order valence-corrected chi connectivity index (χ4v) is 1.60. The molecule has 0 aromatic carbocycles. The number of carbonyl (C=O) groups excluding carboxylic acids is 1. The molecule has 0 spiro atoms. The Balaban J connectivity index is 2.37. The number of rotatable bonds is 2. The number of halogens is 3. The van der Waals surface area contributed by atoms with Crippen molar-refractivity contribution in [1.29, 1.82) is 0 Å². The smallest absolute Gasteiger partial charge is 0.362 e. The summed E-state index contributed by atoms with van der Waals surface area (Å²) in [5, 5.41) is 13.0. The lowest BCUT2D eigenvalue weighted by molar-refractivity contribution is -0.299. The van der Waals surface area contributed by atoms with E-state index in [4.69, 9.17) is 0 Å². The molecule has 2 heterocycles. The predicted molar refractivity (Wildman–Crippen MR) is 54.3 cm³/mol. The van der Waals surface area contributed by atoms with Crippen molar-refractivity contribution >= 4 is 12.1 Å². The van der Waals surface area contributed by atoms with E-state index in [1.54, 1.807) is 0 Å².